The summed E-state index contributed by atoms with van der Waals surface area (Å²) in [6, 6.07) is 12.2. The van der Waals surface area contributed by atoms with Crippen molar-refractivity contribution in [2.24, 2.45) is 10.9 Å². The van der Waals surface area contributed by atoms with Crippen molar-refractivity contribution < 1.29 is 9.53 Å². The third kappa shape index (κ3) is 4.80. The lowest BCUT2D eigenvalue weighted by Gasteiger charge is -2.19. The number of ether oxygens (including phenoxy) is 1. The summed E-state index contributed by atoms with van der Waals surface area (Å²) in [6.45, 7) is 8.96. The van der Waals surface area contributed by atoms with Crippen LogP contribution in [0.4, 0.5) is 5.69 Å². The smallest absolute Gasteiger partial charge is 0.339 e. The topological polar surface area (TPSA) is 41.9 Å². The van der Waals surface area contributed by atoms with Crippen molar-refractivity contribution in [3.8, 4) is 0 Å². The minimum atomic E-state index is -0.251. The highest BCUT2D eigenvalue weighted by Crippen LogP contribution is 2.44. The van der Waals surface area contributed by atoms with E-state index in [1.807, 2.05) is 44.3 Å². The number of carbonyl (C=O) groups excluding carboxylic acids is 1. The Morgan fingerprint density at radius 2 is 1.86 bits per heavy atom. The van der Waals surface area contributed by atoms with Crippen molar-refractivity contribution in [2.75, 3.05) is 13.6 Å². The van der Waals surface area contributed by atoms with Crippen molar-refractivity contribution in [1.29, 1.82) is 0 Å². The molecule has 0 radical (unpaired) electrons. The highest BCUT2D eigenvalue weighted by atomic mass is 16.5. The molecule has 1 unspecified atom stereocenters. The minimum absolute atomic E-state index is 0.163. The highest BCUT2D eigenvalue weighted by molar-refractivity contribution is 5.92. The quantitative estimate of drug-likeness (QED) is 0.361. The molecule has 148 valence electrons. The van der Waals surface area contributed by atoms with Gasteiger partial charge in [0, 0.05) is 19.5 Å². The molecule has 0 aliphatic heterocycles. The number of hydrogen-bond acceptors (Lipinski definition) is 3. The molecule has 0 bridgehead atoms. The Bertz CT molecular complexity index is 867. The summed E-state index contributed by atoms with van der Waals surface area (Å²) < 4.78 is 5.99. The number of aliphatic imine (C=N–C) groups is 1. The van der Waals surface area contributed by atoms with Crippen molar-refractivity contribution in [3.05, 3.63) is 64.2 Å². The van der Waals surface area contributed by atoms with Gasteiger partial charge in [-0.3, -0.25) is 0 Å². The SMILES string of the molecule is CCN(C)C=Nc1cc(C)c(C(=O)OC(c2ccc(C)cc2)C2CC2)cc1C. The summed E-state index contributed by atoms with van der Waals surface area (Å²) in [5.74, 6) is 0.181. The fourth-order valence-electron chi connectivity index (χ4n) is 3.17. The molecule has 4 nitrogen and oxygen atoms in total. The monoisotopic (exact) mass is 378 g/mol. The molecule has 0 saturated heterocycles. The zero-order chi connectivity index (χ0) is 20.3. The number of esters is 1. The van der Waals surface area contributed by atoms with Crippen LogP contribution in [0.1, 0.15) is 58.5 Å². The molecule has 1 saturated carbocycles. The van der Waals surface area contributed by atoms with Crippen LogP contribution in [0.2, 0.25) is 0 Å². The zero-order valence-electron chi connectivity index (χ0n) is 17.5. The Hall–Kier alpha value is -2.62. The first-order valence-electron chi connectivity index (χ1n) is 10.0. The molecule has 1 fully saturated rings. The largest absolute Gasteiger partial charge is 0.454 e. The van der Waals surface area contributed by atoms with Crippen LogP contribution in [0.5, 0.6) is 0 Å². The lowest BCUT2D eigenvalue weighted by Crippen LogP contribution is -2.15. The van der Waals surface area contributed by atoms with Gasteiger partial charge in [-0.15, -0.1) is 0 Å². The molecule has 2 aromatic rings. The molecule has 0 heterocycles. The van der Waals surface area contributed by atoms with E-state index in [-0.39, 0.29) is 12.1 Å². The lowest BCUT2D eigenvalue weighted by atomic mass is 10.0. The van der Waals surface area contributed by atoms with Crippen molar-refractivity contribution in [1.82, 2.24) is 4.90 Å². The predicted molar refractivity (Wildman–Crippen MR) is 114 cm³/mol. The summed E-state index contributed by atoms with van der Waals surface area (Å²) in [4.78, 5) is 19.5. The molecule has 2 aromatic carbocycles. The van der Waals surface area contributed by atoms with Gasteiger partial charge < -0.3 is 9.64 Å². The van der Waals surface area contributed by atoms with Crippen LogP contribution < -0.4 is 0 Å². The number of rotatable bonds is 7. The Morgan fingerprint density at radius 3 is 2.46 bits per heavy atom. The van der Waals surface area contributed by atoms with Crippen LogP contribution in [0.3, 0.4) is 0 Å². The third-order valence-corrected chi connectivity index (χ3v) is 5.35. The fourth-order valence-corrected chi connectivity index (χ4v) is 3.17. The Kier molecular flexibility index (Phi) is 6.18. The normalized spacial score (nSPS) is 14.9. The maximum atomic E-state index is 13.0. The molecule has 1 aliphatic rings. The number of hydrogen-bond donors (Lipinski definition) is 0. The number of aryl methyl sites for hydroxylation is 3. The maximum absolute atomic E-state index is 13.0. The molecule has 3 rings (SSSR count). The van der Waals surface area contributed by atoms with Gasteiger partial charge in [0.05, 0.1) is 17.6 Å². The first-order chi connectivity index (χ1) is 13.4. The molecule has 0 spiro atoms. The van der Waals surface area contributed by atoms with Gasteiger partial charge in [-0.1, -0.05) is 29.8 Å². The van der Waals surface area contributed by atoms with Gasteiger partial charge in [-0.05, 0) is 69.4 Å². The second-order valence-corrected chi connectivity index (χ2v) is 7.85. The van der Waals surface area contributed by atoms with Gasteiger partial charge in [0.2, 0.25) is 0 Å². The molecule has 0 aromatic heterocycles. The number of nitrogens with zero attached hydrogens (tertiary/aromatic N) is 2. The van der Waals surface area contributed by atoms with Crippen LogP contribution in [0, 0.1) is 26.7 Å². The summed E-state index contributed by atoms with van der Waals surface area (Å²) in [5.41, 5.74) is 5.65. The van der Waals surface area contributed by atoms with Gasteiger partial charge in [0.15, 0.2) is 0 Å². The summed E-state index contributed by atoms with van der Waals surface area (Å²) in [5, 5.41) is 0. The van der Waals surface area contributed by atoms with Crippen LogP contribution in [-0.2, 0) is 4.74 Å². The van der Waals surface area contributed by atoms with E-state index >= 15 is 0 Å². The lowest BCUT2D eigenvalue weighted by molar-refractivity contribution is 0.0241. The van der Waals surface area contributed by atoms with E-state index in [9.17, 15) is 4.79 Å². The molecule has 4 heteroatoms. The molecule has 0 amide bonds. The average molecular weight is 379 g/mol. The van der Waals surface area contributed by atoms with Crippen molar-refractivity contribution in [3.63, 3.8) is 0 Å². The number of carbonyl (C=O) groups is 1. The molecule has 1 aliphatic carbocycles. The molecule has 28 heavy (non-hydrogen) atoms. The van der Waals surface area contributed by atoms with Crippen LogP contribution in [0.25, 0.3) is 0 Å². The molecular formula is C24H30N2O2. The van der Waals surface area contributed by atoms with Crippen molar-refractivity contribution in [2.45, 2.75) is 46.6 Å². The van der Waals surface area contributed by atoms with Crippen LogP contribution in [0.15, 0.2) is 41.4 Å². The Balaban J connectivity index is 1.80. The van der Waals surface area contributed by atoms with E-state index in [4.69, 9.17) is 4.74 Å². The van der Waals surface area contributed by atoms with Crippen LogP contribution in [-0.4, -0.2) is 30.8 Å². The van der Waals surface area contributed by atoms with E-state index < -0.39 is 0 Å². The second kappa shape index (κ2) is 8.59. The Morgan fingerprint density at radius 1 is 1.18 bits per heavy atom. The van der Waals surface area contributed by atoms with Gasteiger partial charge in [0.25, 0.3) is 0 Å². The summed E-state index contributed by atoms with van der Waals surface area (Å²) in [7, 11) is 1.99. The summed E-state index contributed by atoms with van der Waals surface area (Å²) in [6.07, 6.45) is 3.88. The first-order valence-corrected chi connectivity index (χ1v) is 10.0. The van der Waals surface area contributed by atoms with Gasteiger partial charge >= 0.3 is 5.97 Å². The molecular weight excluding hydrogens is 348 g/mol. The Labute approximate surface area is 168 Å². The number of benzene rings is 2. The van der Waals surface area contributed by atoms with Crippen molar-refractivity contribution >= 4 is 18.0 Å². The molecule has 0 N–H and O–H groups in total. The van der Waals surface area contributed by atoms with Gasteiger partial charge in [0.1, 0.15) is 6.10 Å². The highest BCUT2D eigenvalue weighted by Gasteiger charge is 2.35. The fraction of sp³-hybridized carbons (Fsp3) is 0.417. The van der Waals surface area contributed by atoms with E-state index in [0.29, 0.717) is 11.5 Å². The van der Waals surface area contributed by atoms with E-state index in [1.54, 1.807) is 0 Å². The average Bonchev–Trinajstić information content (AvgIpc) is 3.51. The third-order valence-electron chi connectivity index (χ3n) is 5.35. The van der Waals surface area contributed by atoms with Gasteiger partial charge in [-0.2, -0.15) is 0 Å². The van der Waals surface area contributed by atoms with E-state index in [1.165, 1.54) is 5.56 Å². The first kappa shape index (κ1) is 20.1. The van der Waals surface area contributed by atoms with Crippen LogP contribution >= 0.6 is 0 Å². The predicted octanol–water partition coefficient (Wildman–Crippen LogP) is 5.53. The standard InChI is InChI=1S/C24H30N2O2/c1-6-26(5)15-25-22-14-17(3)21(13-18(22)4)24(27)28-23(20-11-12-20)19-9-7-16(2)8-10-19/h7-10,13-15,20,23H,6,11-12H2,1-5H3. The maximum Gasteiger partial charge on any atom is 0.339 e. The van der Waals surface area contributed by atoms with E-state index in [0.717, 1.165) is 41.8 Å². The van der Waals surface area contributed by atoms with E-state index in [2.05, 4.69) is 43.1 Å². The molecule has 1 atom stereocenters. The summed E-state index contributed by atoms with van der Waals surface area (Å²) >= 11 is 0. The second-order valence-electron chi connectivity index (χ2n) is 7.85. The van der Waals surface area contributed by atoms with Gasteiger partial charge in [-0.25, -0.2) is 9.79 Å². The zero-order valence-corrected chi connectivity index (χ0v) is 17.5. The minimum Gasteiger partial charge on any atom is -0.454 e.